The Morgan fingerprint density at radius 1 is 1.47 bits per heavy atom. The zero-order valence-electron chi connectivity index (χ0n) is 7.97. The van der Waals surface area contributed by atoms with Gasteiger partial charge in [-0.05, 0) is 30.9 Å². The molecule has 1 amide bonds. The van der Waals surface area contributed by atoms with Crippen molar-refractivity contribution in [3.8, 4) is 0 Å². The molecule has 1 saturated carbocycles. The summed E-state index contributed by atoms with van der Waals surface area (Å²) in [5, 5.41) is -0.164. The Labute approximate surface area is 87.2 Å². The second kappa shape index (κ2) is 3.37. The molecule has 0 spiro atoms. The van der Waals surface area contributed by atoms with Crippen molar-refractivity contribution in [3.63, 3.8) is 0 Å². The number of furan rings is 1. The van der Waals surface area contributed by atoms with E-state index in [2.05, 4.69) is 0 Å². The number of amides is 1. The monoisotopic (exact) mass is 229 g/mol. The van der Waals surface area contributed by atoms with E-state index in [9.17, 15) is 13.2 Å². The van der Waals surface area contributed by atoms with Crippen LogP contribution in [0.2, 0.25) is 0 Å². The normalized spacial score (nSPS) is 16.5. The quantitative estimate of drug-likeness (QED) is 0.816. The molecule has 0 atom stereocenters. The van der Waals surface area contributed by atoms with Crippen LogP contribution in [0.5, 0.6) is 0 Å². The van der Waals surface area contributed by atoms with Gasteiger partial charge in [-0.15, -0.1) is 0 Å². The van der Waals surface area contributed by atoms with Gasteiger partial charge in [0, 0.05) is 0 Å². The topological polar surface area (TPSA) is 90.4 Å². The highest BCUT2D eigenvalue weighted by molar-refractivity contribution is 7.91. The first-order valence-corrected chi connectivity index (χ1v) is 6.26. The smallest absolute Gasteiger partial charge is 0.284 e. The Bertz CT molecular complexity index is 484. The fourth-order valence-electron chi connectivity index (χ4n) is 1.30. The van der Waals surface area contributed by atoms with Gasteiger partial charge >= 0.3 is 0 Å². The van der Waals surface area contributed by atoms with Crippen LogP contribution in [0.4, 0.5) is 0 Å². The van der Waals surface area contributed by atoms with Gasteiger partial charge in [-0.1, -0.05) is 0 Å². The van der Waals surface area contributed by atoms with Crippen LogP contribution in [0, 0.1) is 5.92 Å². The van der Waals surface area contributed by atoms with Crippen molar-refractivity contribution in [2.24, 2.45) is 11.7 Å². The SMILES string of the molecule is NC(=O)c1ccc(S(=O)(=O)CC2CC2)o1. The van der Waals surface area contributed by atoms with E-state index in [-0.39, 0.29) is 22.5 Å². The molecular weight excluding hydrogens is 218 g/mol. The maximum absolute atomic E-state index is 11.7. The van der Waals surface area contributed by atoms with E-state index in [1.165, 1.54) is 12.1 Å². The lowest BCUT2D eigenvalue weighted by molar-refractivity contribution is 0.0969. The van der Waals surface area contributed by atoms with Crippen molar-refractivity contribution in [2.45, 2.75) is 17.9 Å². The molecule has 0 bridgehead atoms. The molecule has 15 heavy (non-hydrogen) atoms. The number of carbonyl (C=O) groups is 1. The highest BCUT2D eigenvalue weighted by atomic mass is 32.2. The van der Waals surface area contributed by atoms with Crippen LogP contribution < -0.4 is 5.73 Å². The molecule has 1 aliphatic rings. The molecule has 1 aliphatic carbocycles. The molecule has 1 aromatic rings. The third-order valence-electron chi connectivity index (χ3n) is 2.28. The first kappa shape index (κ1) is 10.2. The van der Waals surface area contributed by atoms with E-state index < -0.39 is 15.7 Å². The summed E-state index contributed by atoms with van der Waals surface area (Å²) >= 11 is 0. The number of primary amides is 1. The number of rotatable bonds is 4. The van der Waals surface area contributed by atoms with Gasteiger partial charge in [0.25, 0.3) is 5.91 Å². The Hall–Kier alpha value is -1.30. The predicted octanol–water partition coefficient (Wildman–Crippen LogP) is 0.562. The lowest BCUT2D eigenvalue weighted by Gasteiger charge is -1.97. The Balaban J connectivity index is 2.23. The van der Waals surface area contributed by atoms with Gasteiger partial charge in [-0.2, -0.15) is 0 Å². The summed E-state index contributed by atoms with van der Waals surface area (Å²) in [4.78, 5) is 10.7. The van der Waals surface area contributed by atoms with Crippen molar-refractivity contribution in [1.29, 1.82) is 0 Å². The number of carbonyl (C=O) groups excluding carboxylic acids is 1. The molecular formula is C9H11NO4S. The van der Waals surface area contributed by atoms with Crippen molar-refractivity contribution in [2.75, 3.05) is 5.75 Å². The van der Waals surface area contributed by atoms with Crippen LogP contribution >= 0.6 is 0 Å². The van der Waals surface area contributed by atoms with Gasteiger partial charge in [0.2, 0.25) is 14.9 Å². The van der Waals surface area contributed by atoms with E-state index in [0.29, 0.717) is 0 Å². The highest BCUT2D eigenvalue weighted by Crippen LogP contribution is 2.32. The summed E-state index contributed by atoms with van der Waals surface area (Å²) in [5.74, 6) is -0.539. The van der Waals surface area contributed by atoms with E-state index in [4.69, 9.17) is 10.2 Å². The molecule has 0 aliphatic heterocycles. The minimum absolute atomic E-state index is 0.0959. The lowest BCUT2D eigenvalue weighted by Crippen LogP contribution is -2.10. The first-order chi connectivity index (χ1) is 6.99. The fraction of sp³-hybridized carbons (Fsp3) is 0.444. The number of nitrogens with two attached hydrogens (primary N) is 1. The van der Waals surface area contributed by atoms with E-state index in [0.717, 1.165) is 12.8 Å². The van der Waals surface area contributed by atoms with Crippen LogP contribution in [0.1, 0.15) is 23.4 Å². The van der Waals surface area contributed by atoms with Gasteiger partial charge in [-0.25, -0.2) is 8.42 Å². The molecule has 0 unspecified atom stereocenters. The Kier molecular flexibility index (Phi) is 2.30. The fourth-order valence-corrected chi connectivity index (χ4v) is 2.91. The standard InChI is InChI=1S/C9H11NO4S/c10-9(11)7-3-4-8(14-7)15(12,13)5-6-1-2-6/h3-4,6H,1-2,5H2,(H2,10,11). The van der Waals surface area contributed by atoms with E-state index in [1.807, 2.05) is 0 Å². The first-order valence-electron chi connectivity index (χ1n) is 4.61. The number of hydrogen-bond acceptors (Lipinski definition) is 4. The molecule has 1 fully saturated rings. The molecule has 6 heteroatoms. The van der Waals surface area contributed by atoms with Crippen LogP contribution in [-0.4, -0.2) is 20.1 Å². The average molecular weight is 229 g/mol. The molecule has 0 aromatic carbocycles. The van der Waals surface area contributed by atoms with Crippen LogP contribution in [0.15, 0.2) is 21.6 Å². The number of sulfone groups is 1. The largest absolute Gasteiger partial charge is 0.440 e. The van der Waals surface area contributed by atoms with E-state index in [1.54, 1.807) is 0 Å². The van der Waals surface area contributed by atoms with Gasteiger partial charge in [0.05, 0.1) is 5.75 Å². The molecule has 82 valence electrons. The van der Waals surface area contributed by atoms with E-state index >= 15 is 0 Å². The molecule has 0 saturated heterocycles. The summed E-state index contributed by atoms with van der Waals surface area (Å²) in [6.45, 7) is 0. The zero-order chi connectivity index (χ0) is 11.1. The summed E-state index contributed by atoms with van der Waals surface area (Å²) in [6, 6.07) is 2.56. The van der Waals surface area contributed by atoms with Gasteiger partial charge in [0.1, 0.15) is 0 Å². The van der Waals surface area contributed by atoms with Crippen molar-refractivity contribution in [3.05, 3.63) is 17.9 Å². The third kappa shape index (κ3) is 2.20. The third-order valence-corrected chi connectivity index (χ3v) is 4.03. The zero-order valence-corrected chi connectivity index (χ0v) is 8.79. The van der Waals surface area contributed by atoms with Gasteiger partial charge < -0.3 is 10.2 Å². The summed E-state index contributed by atoms with van der Waals surface area (Å²) < 4.78 is 28.2. The highest BCUT2D eigenvalue weighted by Gasteiger charge is 2.31. The molecule has 1 aromatic heterocycles. The lowest BCUT2D eigenvalue weighted by atomic mass is 10.4. The van der Waals surface area contributed by atoms with Crippen LogP contribution in [0.3, 0.4) is 0 Å². The second-order valence-corrected chi connectivity index (χ2v) is 5.67. The van der Waals surface area contributed by atoms with Gasteiger partial charge in [0.15, 0.2) is 5.76 Å². The molecule has 5 nitrogen and oxygen atoms in total. The average Bonchev–Trinajstić information content (AvgIpc) is 2.80. The van der Waals surface area contributed by atoms with Crippen molar-refractivity contribution < 1.29 is 17.6 Å². The molecule has 0 radical (unpaired) electrons. The summed E-state index contributed by atoms with van der Waals surface area (Å²) in [5.41, 5.74) is 4.96. The van der Waals surface area contributed by atoms with Crippen molar-refractivity contribution in [1.82, 2.24) is 0 Å². The summed E-state index contributed by atoms with van der Waals surface area (Å²) in [7, 11) is -3.38. The molecule has 2 rings (SSSR count). The van der Waals surface area contributed by atoms with Crippen molar-refractivity contribution >= 4 is 15.7 Å². The molecule has 2 N–H and O–H groups in total. The molecule has 1 heterocycles. The second-order valence-electron chi connectivity index (χ2n) is 3.71. The minimum Gasteiger partial charge on any atom is -0.440 e. The van der Waals surface area contributed by atoms with Crippen LogP contribution in [0.25, 0.3) is 0 Å². The maximum atomic E-state index is 11.7. The Morgan fingerprint density at radius 3 is 2.60 bits per heavy atom. The minimum atomic E-state index is -3.38. The predicted molar refractivity (Wildman–Crippen MR) is 52.0 cm³/mol. The van der Waals surface area contributed by atoms with Crippen LogP contribution in [-0.2, 0) is 9.84 Å². The Morgan fingerprint density at radius 2 is 2.13 bits per heavy atom. The number of hydrogen-bond donors (Lipinski definition) is 1. The summed E-state index contributed by atoms with van der Waals surface area (Å²) in [6.07, 6.45) is 1.89. The van der Waals surface area contributed by atoms with Gasteiger partial charge in [-0.3, -0.25) is 4.79 Å². The maximum Gasteiger partial charge on any atom is 0.284 e.